The molecule has 1 unspecified atom stereocenters. The van der Waals surface area contributed by atoms with Crippen LogP contribution in [0.4, 0.5) is 4.79 Å². The molecule has 1 atom stereocenters. The normalized spacial score (nSPS) is 13.1. The van der Waals surface area contributed by atoms with Crippen molar-refractivity contribution in [3.05, 3.63) is 0 Å². The van der Waals surface area contributed by atoms with Crippen molar-refractivity contribution >= 4 is 23.8 Å². The maximum Gasteiger partial charge on any atom is 0.340 e. The second-order valence-corrected chi connectivity index (χ2v) is 3.81. The first kappa shape index (κ1) is 15.8. The summed E-state index contributed by atoms with van der Waals surface area (Å²) in [5.41, 5.74) is 4.70. The number of nitrogens with zero attached hydrogens (tertiary/aromatic N) is 1. The molecule has 0 aliphatic carbocycles. The molecule has 0 bridgehead atoms. The van der Waals surface area contributed by atoms with Crippen molar-refractivity contribution < 1.29 is 24.0 Å². The Morgan fingerprint density at radius 1 is 1.22 bits per heavy atom. The van der Waals surface area contributed by atoms with E-state index >= 15 is 0 Å². The van der Waals surface area contributed by atoms with Gasteiger partial charge in [0.05, 0.1) is 0 Å². The lowest BCUT2D eigenvalue weighted by molar-refractivity contribution is -0.164. The summed E-state index contributed by atoms with van der Waals surface area (Å²) in [5, 5.41) is 1.85. The van der Waals surface area contributed by atoms with E-state index in [1.54, 1.807) is 0 Å². The zero-order valence-corrected chi connectivity index (χ0v) is 10.6. The number of rotatable bonds is 4. The van der Waals surface area contributed by atoms with Gasteiger partial charge in [0.15, 0.2) is 0 Å². The van der Waals surface area contributed by atoms with Crippen LogP contribution in [0.15, 0.2) is 0 Å². The SMILES string of the molecule is CC(=O)NC(=O)C(C)(ONC(=O)N(C)C)C(N)=O. The average molecular weight is 260 g/mol. The Morgan fingerprint density at radius 3 is 2.06 bits per heavy atom. The summed E-state index contributed by atoms with van der Waals surface area (Å²) in [4.78, 5) is 50.5. The van der Waals surface area contributed by atoms with E-state index in [0.717, 1.165) is 18.7 Å². The highest BCUT2D eigenvalue weighted by Crippen LogP contribution is 2.08. The van der Waals surface area contributed by atoms with Crippen LogP contribution in [0.5, 0.6) is 0 Å². The number of nitrogens with two attached hydrogens (primary N) is 1. The Bertz CT molecular complexity index is 381. The molecule has 0 rings (SSSR count). The summed E-state index contributed by atoms with van der Waals surface area (Å²) < 4.78 is 0. The van der Waals surface area contributed by atoms with E-state index < -0.39 is 29.4 Å². The van der Waals surface area contributed by atoms with Crippen molar-refractivity contribution in [1.82, 2.24) is 15.7 Å². The van der Waals surface area contributed by atoms with Gasteiger partial charge in [-0.05, 0) is 6.92 Å². The Balaban J connectivity index is 4.83. The predicted octanol–water partition coefficient (Wildman–Crippen LogP) is -1.90. The molecule has 5 amide bonds. The first-order valence-electron chi connectivity index (χ1n) is 4.88. The second kappa shape index (κ2) is 5.96. The highest BCUT2D eigenvalue weighted by Gasteiger charge is 2.43. The van der Waals surface area contributed by atoms with Crippen LogP contribution in [0.3, 0.4) is 0 Å². The van der Waals surface area contributed by atoms with Gasteiger partial charge in [-0.1, -0.05) is 0 Å². The predicted molar refractivity (Wildman–Crippen MR) is 59.7 cm³/mol. The van der Waals surface area contributed by atoms with Crippen molar-refractivity contribution in [1.29, 1.82) is 0 Å². The van der Waals surface area contributed by atoms with E-state index in [4.69, 9.17) is 10.6 Å². The van der Waals surface area contributed by atoms with Gasteiger partial charge in [-0.25, -0.2) is 15.1 Å². The molecule has 0 saturated heterocycles. The highest BCUT2D eigenvalue weighted by molar-refractivity contribution is 6.11. The summed E-state index contributed by atoms with van der Waals surface area (Å²) in [6.07, 6.45) is 0. The fourth-order valence-electron chi connectivity index (χ4n) is 0.725. The minimum atomic E-state index is -2.18. The topological polar surface area (TPSA) is 131 Å². The molecule has 0 heterocycles. The minimum Gasteiger partial charge on any atom is -0.367 e. The molecule has 0 aromatic rings. The Kier molecular flexibility index (Phi) is 5.24. The Hall–Kier alpha value is -2.16. The van der Waals surface area contributed by atoms with Crippen LogP contribution in [-0.4, -0.2) is 48.3 Å². The molecule has 0 aliphatic heterocycles. The molecule has 4 N–H and O–H groups in total. The highest BCUT2D eigenvalue weighted by atomic mass is 16.7. The van der Waals surface area contributed by atoms with Crippen molar-refractivity contribution in [3.63, 3.8) is 0 Å². The number of hydroxylamine groups is 1. The van der Waals surface area contributed by atoms with Gasteiger partial charge in [0, 0.05) is 21.0 Å². The van der Waals surface area contributed by atoms with E-state index in [0.29, 0.717) is 0 Å². The lowest BCUT2D eigenvalue weighted by atomic mass is 10.1. The average Bonchev–Trinajstić information content (AvgIpc) is 2.23. The van der Waals surface area contributed by atoms with E-state index in [-0.39, 0.29) is 0 Å². The first-order chi connectivity index (χ1) is 8.11. The van der Waals surface area contributed by atoms with E-state index in [2.05, 4.69) is 0 Å². The second-order valence-electron chi connectivity index (χ2n) is 3.81. The largest absolute Gasteiger partial charge is 0.367 e. The zero-order chi connectivity index (χ0) is 14.5. The molecule has 0 aromatic heterocycles. The van der Waals surface area contributed by atoms with Crippen molar-refractivity contribution in [2.45, 2.75) is 19.4 Å². The molecule has 0 saturated carbocycles. The van der Waals surface area contributed by atoms with Crippen LogP contribution in [0.1, 0.15) is 13.8 Å². The van der Waals surface area contributed by atoms with Gasteiger partial charge in [-0.3, -0.25) is 19.7 Å². The van der Waals surface area contributed by atoms with Gasteiger partial charge >= 0.3 is 6.03 Å². The number of nitrogens with one attached hydrogen (secondary N) is 2. The number of primary amides is 1. The van der Waals surface area contributed by atoms with Crippen LogP contribution in [0.25, 0.3) is 0 Å². The summed E-state index contributed by atoms with van der Waals surface area (Å²) in [6, 6.07) is -0.696. The van der Waals surface area contributed by atoms with Crippen LogP contribution >= 0.6 is 0 Å². The van der Waals surface area contributed by atoms with E-state index in [9.17, 15) is 19.2 Å². The fourth-order valence-corrected chi connectivity index (χ4v) is 0.725. The van der Waals surface area contributed by atoms with Gasteiger partial charge < -0.3 is 10.6 Å². The summed E-state index contributed by atoms with van der Waals surface area (Å²) >= 11 is 0. The monoisotopic (exact) mass is 260 g/mol. The quantitative estimate of drug-likeness (QED) is 0.401. The molecule has 18 heavy (non-hydrogen) atoms. The molecule has 0 fully saturated rings. The molecule has 102 valence electrons. The molecular weight excluding hydrogens is 244 g/mol. The summed E-state index contributed by atoms with van der Waals surface area (Å²) in [6.45, 7) is 2.11. The van der Waals surface area contributed by atoms with Crippen LogP contribution in [0.2, 0.25) is 0 Å². The standard InChI is InChI=1S/C9H16N4O5/c1-5(14)11-7(16)9(2,6(10)15)18-12-8(17)13(3)4/h1-4H3,(H2,10,15)(H,12,17)(H,11,14,16). The fraction of sp³-hybridized carbons (Fsp3) is 0.556. The molecule has 9 heteroatoms. The van der Waals surface area contributed by atoms with Gasteiger partial charge in [-0.15, -0.1) is 0 Å². The third-order valence-corrected chi connectivity index (χ3v) is 1.94. The Morgan fingerprint density at radius 2 is 1.72 bits per heavy atom. The number of hydrogen-bond donors (Lipinski definition) is 3. The molecule has 9 nitrogen and oxygen atoms in total. The van der Waals surface area contributed by atoms with Crippen LogP contribution < -0.4 is 16.5 Å². The number of carbonyl (C=O) groups is 4. The van der Waals surface area contributed by atoms with Crippen molar-refractivity contribution in [2.75, 3.05) is 14.1 Å². The van der Waals surface area contributed by atoms with Gasteiger partial charge in [0.25, 0.3) is 11.8 Å². The number of imide groups is 1. The number of carbonyl (C=O) groups excluding carboxylic acids is 4. The number of hydrogen-bond acceptors (Lipinski definition) is 5. The minimum absolute atomic E-state index is 0.685. The van der Waals surface area contributed by atoms with Crippen LogP contribution in [-0.2, 0) is 19.2 Å². The van der Waals surface area contributed by atoms with Crippen molar-refractivity contribution in [3.8, 4) is 0 Å². The summed E-state index contributed by atoms with van der Waals surface area (Å²) in [7, 11) is 2.85. The number of amides is 5. The molecule has 0 radical (unpaired) electrons. The smallest absolute Gasteiger partial charge is 0.340 e. The Labute approximate surface area is 104 Å². The van der Waals surface area contributed by atoms with E-state index in [1.165, 1.54) is 14.1 Å². The summed E-state index contributed by atoms with van der Waals surface area (Å²) in [5.74, 6) is -2.91. The molecule has 0 aliphatic rings. The lowest BCUT2D eigenvalue weighted by Gasteiger charge is -2.24. The van der Waals surface area contributed by atoms with Gasteiger partial charge in [0.1, 0.15) is 0 Å². The third-order valence-electron chi connectivity index (χ3n) is 1.94. The maximum absolute atomic E-state index is 11.6. The first-order valence-corrected chi connectivity index (χ1v) is 4.88. The zero-order valence-electron chi connectivity index (χ0n) is 10.6. The lowest BCUT2D eigenvalue weighted by Crippen LogP contribution is -2.59. The third kappa shape index (κ3) is 4.01. The van der Waals surface area contributed by atoms with Gasteiger partial charge in [0.2, 0.25) is 11.5 Å². The van der Waals surface area contributed by atoms with Crippen LogP contribution in [0, 0.1) is 0 Å². The molecule has 0 aromatic carbocycles. The maximum atomic E-state index is 11.6. The molecule has 0 spiro atoms. The number of urea groups is 1. The van der Waals surface area contributed by atoms with Gasteiger partial charge in [-0.2, -0.15) is 0 Å². The van der Waals surface area contributed by atoms with E-state index in [1.807, 2.05) is 10.8 Å². The molecular formula is C9H16N4O5. The van der Waals surface area contributed by atoms with Crippen molar-refractivity contribution in [2.24, 2.45) is 5.73 Å².